The molecule has 2 unspecified atom stereocenters. The lowest BCUT2D eigenvalue weighted by Gasteiger charge is -2.31. The van der Waals surface area contributed by atoms with Crippen LogP contribution in [-0.4, -0.2) is 60.9 Å². The summed E-state index contributed by atoms with van der Waals surface area (Å²) in [5.41, 5.74) is 0. The van der Waals surface area contributed by atoms with E-state index >= 15 is 0 Å². The Morgan fingerprint density at radius 1 is 1.26 bits per heavy atom. The minimum absolute atomic E-state index is 0.0804. The number of rotatable bonds is 6. The summed E-state index contributed by atoms with van der Waals surface area (Å²) in [6.07, 6.45) is 3.54. The number of hydrogen-bond donors (Lipinski definition) is 2. The topological polar surface area (TPSA) is 61.8 Å². The molecule has 0 aromatic carbocycles. The number of nitrogens with zero attached hydrogens (tertiary/aromatic N) is 1. The molecule has 19 heavy (non-hydrogen) atoms. The Morgan fingerprint density at radius 2 is 2.00 bits per heavy atom. The highest BCUT2D eigenvalue weighted by Crippen LogP contribution is 2.20. The normalized spacial score (nSPS) is 29.7. The van der Waals surface area contributed by atoms with E-state index in [2.05, 4.69) is 17.1 Å². The molecule has 5 heteroatoms. The highest BCUT2D eigenvalue weighted by atomic mass is 16.5. The van der Waals surface area contributed by atoms with Crippen LogP contribution in [0.1, 0.15) is 32.6 Å². The summed E-state index contributed by atoms with van der Waals surface area (Å²) in [6.45, 7) is 7.63. The van der Waals surface area contributed by atoms with E-state index in [-0.39, 0.29) is 6.10 Å². The Labute approximate surface area is 115 Å². The Hall–Kier alpha value is -0.650. The van der Waals surface area contributed by atoms with Gasteiger partial charge in [-0.1, -0.05) is 6.92 Å². The van der Waals surface area contributed by atoms with Gasteiger partial charge in [0.15, 0.2) is 6.10 Å². The fourth-order valence-corrected chi connectivity index (χ4v) is 2.99. The van der Waals surface area contributed by atoms with Crippen LogP contribution >= 0.6 is 0 Å². The fourth-order valence-electron chi connectivity index (χ4n) is 2.99. The van der Waals surface area contributed by atoms with Crippen molar-refractivity contribution in [3.8, 4) is 0 Å². The zero-order chi connectivity index (χ0) is 13.7. The third-order valence-corrected chi connectivity index (χ3v) is 4.34. The predicted molar refractivity (Wildman–Crippen MR) is 73.2 cm³/mol. The average Bonchev–Trinajstić information content (AvgIpc) is 2.89. The molecular weight excluding hydrogens is 244 g/mol. The SMILES string of the molecule is CCN1CCC(CNCC2CCC(C(=O)O)O2)CC1. The first kappa shape index (κ1) is 14.8. The summed E-state index contributed by atoms with van der Waals surface area (Å²) in [5, 5.41) is 12.3. The van der Waals surface area contributed by atoms with E-state index in [0.717, 1.165) is 32.0 Å². The lowest BCUT2D eigenvalue weighted by molar-refractivity contribution is -0.149. The van der Waals surface area contributed by atoms with Crippen LogP contribution in [0.5, 0.6) is 0 Å². The molecule has 0 aromatic rings. The Morgan fingerprint density at radius 3 is 2.58 bits per heavy atom. The van der Waals surface area contributed by atoms with Gasteiger partial charge in [-0.2, -0.15) is 0 Å². The van der Waals surface area contributed by atoms with E-state index in [1.54, 1.807) is 0 Å². The highest BCUT2D eigenvalue weighted by Gasteiger charge is 2.30. The van der Waals surface area contributed by atoms with Crippen molar-refractivity contribution in [1.82, 2.24) is 10.2 Å². The van der Waals surface area contributed by atoms with Crippen LogP contribution in [0.3, 0.4) is 0 Å². The van der Waals surface area contributed by atoms with E-state index in [0.29, 0.717) is 6.42 Å². The first-order chi connectivity index (χ1) is 9.19. The molecule has 0 amide bonds. The van der Waals surface area contributed by atoms with Gasteiger partial charge >= 0.3 is 5.97 Å². The molecule has 0 spiro atoms. The molecular formula is C14H26N2O3. The summed E-state index contributed by atoms with van der Waals surface area (Å²) in [7, 11) is 0. The molecule has 2 atom stereocenters. The summed E-state index contributed by atoms with van der Waals surface area (Å²) < 4.78 is 5.48. The number of carboxylic acids is 1. The van der Waals surface area contributed by atoms with E-state index in [1.165, 1.54) is 25.9 Å². The molecule has 0 aromatic heterocycles. The number of piperidine rings is 1. The van der Waals surface area contributed by atoms with Crippen LogP contribution < -0.4 is 5.32 Å². The van der Waals surface area contributed by atoms with Gasteiger partial charge in [-0.15, -0.1) is 0 Å². The molecule has 2 rings (SSSR count). The average molecular weight is 270 g/mol. The van der Waals surface area contributed by atoms with Crippen LogP contribution in [0.15, 0.2) is 0 Å². The molecule has 2 heterocycles. The Balaban J connectivity index is 1.56. The highest BCUT2D eigenvalue weighted by molar-refractivity contribution is 5.72. The van der Waals surface area contributed by atoms with Gasteiger partial charge in [0.1, 0.15) is 0 Å². The fraction of sp³-hybridized carbons (Fsp3) is 0.929. The van der Waals surface area contributed by atoms with Gasteiger partial charge in [-0.3, -0.25) is 0 Å². The number of carbonyl (C=O) groups is 1. The van der Waals surface area contributed by atoms with Crippen molar-refractivity contribution in [3.63, 3.8) is 0 Å². The van der Waals surface area contributed by atoms with E-state index in [4.69, 9.17) is 9.84 Å². The van der Waals surface area contributed by atoms with Crippen molar-refractivity contribution in [2.75, 3.05) is 32.7 Å². The molecule has 2 fully saturated rings. The lowest BCUT2D eigenvalue weighted by Crippen LogP contribution is -2.38. The molecule has 2 aliphatic heterocycles. The predicted octanol–water partition coefficient (Wildman–Crippen LogP) is 0.940. The van der Waals surface area contributed by atoms with Gasteiger partial charge in [-0.25, -0.2) is 4.79 Å². The number of carboxylic acid groups (broad SMARTS) is 1. The molecule has 2 aliphatic rings. The van der Waals surface area contributed by atoms with E-state index in [9.17, 15) is 4.79 Å². The van der Waals surface area contributed by atoms with E-state index < -0.39 is 12.1 Å². The van der Waals surface area contributed by atoms with Gasteiger partial charge in [0.25, 0.3) is 0 Å². The van der Waals surface area contributed by atoms with Gasteiger partial charge in [0, 0.05) is 6.54 Å². The third kappa shape index (κ3) is 4.44. The Bertz CT molecular complexity index is 290. The summed E-state index contributed by atoms with van der Waals surface area (Å²) >= 11 is 0. The molecule has 2 N–H and O–H groups in total. The monoisotopic (exact) mass is 270 g/mol. The first-order valence-corrected chi connectivity index (χ1v) is 7.50. The second-order valence-electron chi connectivity index (χ2n) is 5.70. The number of hydrogen-bond acceptors (Lipinski definition) is 4. The maximum atomic E-state index is 10.8. The zero-order valence-electron chi connectivity index (χ0n) is 11.8. The molecule has 0 aliphatic carbocycles. The van der Waals surface area contributed by atoms with Crippen molar-refractivity contribution in [2.45, 2.75) is 44.8 Å². The molecule has 0 saturated carbocycles. The maximum Gasteiger partial charge on any atom is 0.332 e. The van der Waals surface area contributed by atoms with Gasteiger partial charge in [0.2, 0.25) is 0 Å². The van der Waals surface area contributed by atoms with Crippen molar-refractivity contribution in [2.24, 2.45) is 5.92 Å². The molecule has 110 valence electrons. The van der Waals surface area contributed by atoms with Crippen molar-refractivity contribution in [3.05, 3.63) is 0 Å². The van der Waals surface area contributed by atoms with Crippen LogP contribution in [-0.2, 0) is 9.53 Å². The number of nitrogens with one attached hydrogen (secondary N) is 1. The molecule has 0 bridgehead atoms. The number of likely N-dealkylation sites (tertiary alicyclic amines) is 1. The van der Waals surface area contributed by atoms with Gasteiger partial charge in [0.05, 0.1) is 6.10 Å². The lowest BCUT2D eigenvalue weighted by atomic mass is 9.97. The first-order valence-electron chi connectivity index (χ1n) is 7.50. The molecule has 0 radical (unpaired) electrons. The quantitative estimate of drug-likeness (QED) is 0.752. The van der Waals surface area contributed by atoms with Crippen LogP contribution in [0.2, 0.25) is 0 Å². The van der Waals surface area contributed by atoms with Crippen molar-refractivity contribution in [1.29, 1.82) is 0 Å². The second-order valence-corrected chi connectivity index (χ2v) is 5.70. The minimum atomic E-state index is -0.825. The summed E-state index contributed by atoms with van der Waals surface area (Å²) in [6, 6.07) is 0. The zero-order valence-corrected chi connectivity index (χ0v) is 11.8. The van der Waals surface area contributed by atoms with Gasteiger partial charge < -0.3 is 20.1 Å². The smallest absolute Gasteiger partial charge is 0.332 e. The molecule has 5 nitrogen and oxygen atoms in total. The standard InChI is InChI=1S/C14H26N2O3/c1-2-16-7-5-11(6-8-16)9-15-10-12-3-4-13(19-12)14(17)18/h11-13,15H,2-10H2,1H3,(H,17,18). The second kappa shape index (κ2) is 7.22. The number of aliphatic carboxylic acids is 1. The Kier molecular flexibility index (Phi) is 5.60. The van der Waals surface area contributed by atoms with Crippen LogP contribution in [0.4, 0.5) is 0 Å². The van der Waals surface area contributed by atoms with Crippen LogP contribution in [0.25, 0.3) is 0 Å². The number of ether oxygens (including phenoxy) is 1. The third-order valence-electron chi connectivity index (χ3n) is 4.34. The molecule has 2 saturated heterocycles. The van der Waals surface area contributed by atoms with Crippen LogP contribution in [0, 0.1) is 5.92 Å². The van der Waals surface area contributed by atoms with Crippen molar-refractivity contribution >= 4 is 5.97 Å². The summed E-state index contributed by atoms with van der Waals surface area (Å²) in [5.74, 6) is -0.0612. The van der Waals surface area contributed by atoms with E-state index in [1.807, 2.05) is 0 Å². The largest absolute Gasteiger partial charge is 0.479 e. The van der Waals surface area contributed by atoms with Crippen molar-refractivity contribution < 1.29 is 14.6 Å². The minimum Gasteiger partial charge on any atom is -0.479 e. The maximum absolute atomic E-state index is 10.8. The summed E-state index contributed by atoms with van der Waals surface area (Å²) in [4.78, 5) is 13.3. The van der Waals surface area contributed by atoms with Gasteiger partial charge in [-0.05, 0) is 57.8 Å².